The van der Waals surface area contributed by atoms with Crippen molar-refractivity contribution >= 4 is 39.6 Å². The van der Waals surface area contributed by atoms with Crippen LogP contribution in [0, 0.1) is 0 Å². The number of para-hydroxylation sites is 2. The van der Waals surface area contributed by atoms with Gasteiger partial charge in [0, 0.05) is 27.6 Å². The maximum absolute atomic E-state index is 12.8. The highest BCUT2D eigenvalue weighted by atomic mass is 16.6. The first kappa shape index (κ1) is 24.5. The highest BCUT2D eigenvalue weighted by molar-refractivity contribution is 5.96. The highest BCUT2D eigenvalue weighted by Crippen LogP contribution is 2.39. The van der Waals surface area contributed by atoms with Gasteiger partial charge in [-0.15, -0.1) is 0 Å². The van der Waals surface area contributed by atoms with Crippen molar-refractivity contribution < 1.29 is 23.2 Å². The number of carbonyl (C=O) groups is 2. The summed E-state index contributed by atoms with van der Waals surface area (Å²) in [6.45, 7) is 0.520. The number of aromatic nitrogens is 2. The van der Waals surface area contributed by atoms with E-state index in [-0.39, 0.29) is 18.2 Å². The third-order valence-corrected chi connectivity index (χ3v) is 8.08. The van der Waals surface area contributed by atoms with Crippen molar-refractivity contribution in [2.24, 2.45) is 0 Å². The van der Waals surface area contributed by atoms with Gasteiger partial charge in [0.15, 0.2) is 11.5 Å². The normalized spacial score (nSPS) is 16.3. The maximum Gasteiger partial charge on any atom is 0.414 e. The summed E-state index contributed by atoms with van der Waals surface area (Å²) in [5.74, 6) is 0.662. The minimum Gasteiger partial charge on any atom is -0.454 e. The second kappa shape index (κ2) is 9.66. The lowest BCUT2D eigenvalue weighted by Crippen LogP contribution is -2.34. The van der Waals surface area contributed by atoms with Crippen LogP contribution in [0.3, 0.4) is 0 Å². The number of aryl methyl sites for hydroxylation is 1. The summed E-state index contributed by atoms with van der Waals surface area (Å²) in [5.41, 5.74) is 7.41. The number of anilines is 1. The van der Waals surface area contributed by atoms with Gasteiger partial charge in [-0.1, -0.05) is 42.5 Å². The molecule has 1 unspecified atom stereocenters. The first-order valence-electron chi connectivity index (χ1n) is 14.0. The van der Waals surface area contributed by atoms with Crippen molar-refractivity contribution in [1.82, 2.24) is 15.5 Å². The van der Waals surface area contributed by atoms with E-state index in [1.54, 1.807) is 11.0 Å². The van der Waals surface area contributed by atoms with Gasteiger partial charge in [-0.25, -0.2) is 4.79 Å². The Morgan fingerprint density at radius 2 is 1.74 bits per heavy atom. The van der Waals surface area contributed by atoms with E-state index in [1.807, 2.05) is 66.7 Å². The topological polar surface area (TPSA) is 114 Å². The Kier molecular flexibility index (Phi) is 5.63. The van der Waals surface area contributed by atoms with E-state index < -0.39 is 12.2 Å². The van der Waals surface area contributed by atoms with E-state index in [1.165, 1.54) is 0 Å². The Balaban J connectivity index is 0.995. The van der Waals surface area contributed by atoms with Crippen LogP contribution >= 0.6 is 0 Å². The predicted octanol–water partition coefficient (Wildman–Crippen LogP) is 6.48. The molecule has 2 aliphatic rings. The van der Waals surface area contributed by atoms with Crippen LogP contribution in [0.25, 0.3) is 44.7 Å². The van der Waals surface area contributed by atoms with E-state index >= 15 is 0 Å². The Bertz CT molecular complexity index is 1930. The average molecular weight is 559 g/mol. The van der Waals surface area contributed by atoms with Gasteiger partial charge < -0.3 is 18.9 Å². The van der Waals surface area contributed by atoms with Crippen LogP contribution < -0.4 is 10.2 Å². The molecule has 3 aromatic carbocycles. The first-order chi connectivity index (χ1) is 20.6. The number of nitrogens with one attached hydrogen (secondary N) is 2. The second-order valence-corrected chi connectivity index (χ2v) is 10.7. The van der Waals surface area contributed by atoms with E-state index in [0.29, 0.717) is 12.1 Å². The number of amides is 2. The Hall–Kier alpha value is -5.31. The summed E-state index contributed by atoms with van der Waals surface area (Å²) in [6, 6.07) is 25.2. The number of rotatable bonds is 5. The molecular weight excluding hydrogens is 532 g/mol. The molecule has 2 N–H and O–H groups in total. The number of aromatic amines is 1. The summed E-state index contributed by atoms with van der Waals surface area (Å²) in [4.78, 5) is 27.1. The molecule has 0 spiro atoms. The number of carbonyl (C=O) groups excluding carboxylic acids is 2. The number of furan rings is 2. The number of cyclic esters (lactones) is 1. The zero-order valence-electron chi connectivity index (χ0n) is 22.6. The molecule has 1 atom stereocenters. The van der Waals surface area contributed by atoms with E-state index in [2.05, 4.69) is 16.5 Å². The van der Waals surface area contributed by atoms with E-state index in [9.17, 15) is 9.59 Å². The number of ether oxygens (including phenoxy) is 1. The number of nitrogens with zero attached hydrogens (tertiary/aromatic N) is 2. The average Bonchev–Trinajstić information content (AvgIpc) is 3.78. The largest absolute Gasteiger partial charge is 0.454 e. The number of H-pyrrole nitrogens is 1. The second-order valence-electron chi connectivity index (χ2n) is 10.7. The molecule has 42 heavy (non-hydrogen) atoms. The molecule has 9 heteroatoms. The molecule has 8 rings (SSSR count). The summed E-state index contributed by atoms with van der Waals surface area (Å²) >= 11 is 0. The summed E-state index contributed by atoms with van der Waals surface area (Å²) < 4.78 is 17.4. The SMILES string of the molecule is O=C(NCC1CN(c2ccc3c(c2)CCCc2c-3n[nH]c2-c2cc3ccccc3o2)C(=O)O1)c1cc2ccccc2o1. The molecule has 4 heterocycles. The summed E-state index contributed by atoms with van der Waals surface area (Å²) in [7, 11) is 0. The maximum atomic E-state index is 12.8. The third-order valence-electron chi connectivity index (χ3n) is 8.08. The molecule has 3 aromatic heterocycles. The van der Waals surface area contributed by atoms with Crippen molar-refractivity contribution in [3.05, 3.63) is 95.7 Å². The van der Waals surface area contributed by atoms with Crippen molar-refractivity contribution in [2.75, 3.05) is 18.0 Å². The van der Waals surface area contributed by atoms with Gasteiger partial charge in [0.05, 0.1) is 18.8 Å². The predicted molar refractivity (Wildman–Crippen MR) is 157 cm³/mol. The Morgan fingerprint density at radius 1 is 0.952 bits per heavy atom. The first-order valence-corrected chi connectivity index (χ1v) is 14.0. The lowest BCUT2D eigenvalue weighted by Gasteiger charge is -2.16. The van der Waals surface area contributed by atoms with Gasteiger partial charge in [0.2, 0.25) is 0 Å². The van der Waals surface area contributed by atoms with Gasteiger partial charge in [-0.05, 0) is 61.2 Å². The van der Waals surface area contributed by atoms with Crippen LogP contribution in [0.4, 0.5) is 10.5 Å². The number of fused-ring (bicyclic) bond motifs is 5. The van der Waals surface area contributed by atoms with Crippen LogP contribution in [0.2, 0.25) is 0 Å². The van der Waals surface area contributed by atoms with Gasteiger partial charge >= 0.3 is 6.09 Å². The molecular formula is C33H26N4O5. The van der Waals surface area contributed by atoms with Crippen LogP contribution in [-0.4, -0.2) is 41.4 Å². The molecule has 1 saturated heterocycles. The molecule has 0 saturated carbocycles. The lowest BCUT2D eigenvalue weighted by molar-refractivity contribution is 0.0891. The van der Waals surface area contributed by atoms with Crippen molar-refractivity contribution in [3.8, 4) is 22.7 Å². The van der Waals surface area contributed by atoms with Crippen LogP contribution in [-0.2, 0) is 17.6 Å². The molecule has 1 aliphatic heterocycles. The fraction of sp³-hybridized carbons (Fsp3) is 0.182. The van der Waals surface area contributed by atoms with Gasteiger partial charge in [0.1, 0.15) is 23.0 Å². The van der Waals surface area contributed by atoms with Crippen molar-refractivity contribution in [1.29, 1.82) is 0 Å². The van der Waals surface area contributed by atoms with Crippen molar-refractivity contribution in [2.45, 2.75) is 25.4 Å². The Labute approximate surface area is 240 Å². The smallest absolute Gasteiger partial charge is 0.414 e. The Morgan fingerprint density at radius 3 is 2.55 bits per heavy atom. The third kappa shape index (κ3) is 4.13. The van der Waals surface area contributed by atoms with Crippen molar-refractivity contribution in [3.63, 3.8) is 0 Å². The monoisotopic (exact) mass is 558 g/mol. The highest BCUT2D eigenvalue weighted by Gasteiger charge is 2.33. The fourth-order valence-corrected chi connectivity index (χ4v) is 6.01. The molecule has 208 valence electrons. The number of benzene rings is 3. The van der Waals surface area contributed by atoms with Crippen LogP contribution in [0.1, 0.15) is 28.1 Å². The van der Waals surface area contributed by atoms with E-state index in [4.69, 9.17) is 18.7 Å². The molecule has 0 bridgehead atoms. The van der Waals surface area contributed by atoms with Crippen LogP contribution in [0.5, 0.6) is 0 Å². The fourth-order valence-electron chi connectivity index (χ4n) is 6.01. The molecule has 6 aromatic rings. The lowest BCUT2D eigenvalue weighted by atomic mass is 10.0. The molecule has 0 radical (unpaired) electrons. The zero-order chi connectivity index (χ0) is 28.2. The molecule has 1 aliphatic carbocycles. The number of hydrogen-bond acceptors (Lipinski definition) is 6. The number of hydrogen-bond donors (Lipinski definition) is 2. The van der Waals surface area contributed by atoms with E-state index in [0.717, 1.165) is 75.1 Å². The quantitative estimate of drug-likeness (QED) is 0.250. The molecule has 2 amide bonds. The molecule has 1 fully saturated rings. The summed E-state index contributed by atoms with van der Waals surface area (Å²) in [5, 5.41) is 12.7. The summed E-state index contributed by atoms with van der Waals surface area (Å²) in [6.07, 6.45) is 1.75. The van der Waals surface area contributed by atoms with Gasteiger partial charge in [-0.3, -0.25) is 14.8 Å². The molecule has 9 nitrogen and oxygen atoms in total. The standard InChI is InChI=1S/C33H26N4O5/c38-32(29-16-21-7-2-4-11-27(21)42-29)34-17-23-18-37(33(39)40-23)22-12-13-24-19(14-22)8-5-9-25-30(24)35-36-31(25)28-15-20-6-1-3-10-26(20)41-28/h1-4,6-7,10-16,23H,5,8-9,17-18H2,(H,34,38)(H,35,36). The zero-order valence-corrected chi connectivity index (χ0v) is 22.6. The van der Waals surface area contributed by atoms with Gasteiger partial charge in [-0.2, -0.15) is 5.10 Å². The minimum atomic E-state index is -0.478. The van der Waals surface area contributed by atoms with Crippen LogP contribution in [0.15, 0.2) is 87.7 Å². The minimum absolute atomic E-state index is 0.185. The van der Waals surface area contributed by atoms with Gasteiger partial charge in [0.25, 0.3) is 5.91 Å².